The number of hydrogen-bond acceptors (Lipinski definition) is 13. The van der Waals surface area contributed by atoms with Crippen LogP contribution < -0.4 is 10.6 Å². The van der Waals surface area contributed by atoms with Crippen LogP contribution in [0.2, 0.25) is 0 Å². The third-order valence-corrected chi connectivity index (χ3v) is 9.38. The molecule has 14 heteroatoms. The molecule has 0 bridgehead atoms. The van der Waals surface area contributed by atoms with E-state index in [4.69, 9.17) is 28.9 Å². The Hall–Kier alpha value is -4.19. The molecule has 0 radical (unpaired) electrons. The van der Waals surface area contributed by atoms with Gasteiger partial charge in [0.1, 0.15) is 12.4 Å². The number of carbonyl (C=O) groups excluding carboxylic acids is 1. The third-order valence-electron chi connectivity index (χ3n) is 9.38. The molecule has 3 aromatic rings. The molecule has 1 aliphatic heterocycles. The largest absolute Gasteiger partial charge is 0.510 e. The molecule has 1 saturated heterocycles. The van der Waals surface area contributed by atoms with Crippen LogP contribution >= 0.6 is 0 Å². The van der Waals surface area contributed by atoms with E-state index in [2.05, 4.69) is 52.1 Å². The van der Waals surface area contributed by atoms with E-state index >= 15 is 0 Å². The average Bonchev–Trinajstić information content (AvgIpc) is 3.58. The highest BCUT2D eigenvalue weighted by Gasteiger charge is 2.32. The maximum absolute atomic E-state index is 11.6. The normalized spacial score (nSPS) is 20.1. The number of aryl methyl sites for hydroxylation is 1. The summed E-state index contributed by atoms with van der Waals surface area (Å²) in [6, 6.07) is 11.3. The zero-order chi connectivity index (χ0) is 34.6. The number of nitrogens with zero attached hydrogens (tertiary/aromatic N) is 7. The number of carbonyl (C=O) groups is 1. The third kappa shape index (κ3) is 10.2. The second kappa shape index (κ2) is 17.5. The summed E-state index contributed by atoms with van der Waals surface area (Å²) >= 11 is 0. The predicted molar refractivity (Wildman–Crippen MR) is 181 cm³/mol. The van der Waals surface area contributed by atoms with Gasteiger partial charge >= 0.3 is 6.16 Å². The van der Waals surface area contributed by atoms with Gasteiger partial charge in [0.2, 0.25) is 0 Å². The number of tetrazole rings is 1. The number of nitriles is 1. The van der Waals surface area contributed by atoms with Crippen molar-refractivity contribution in [3.63, 3.8) is 0 Å². The van der Waals surface area contributed by atoms with Crippen molar-refractivity contribution in [2.75, 3.05) is 38.3 Å². The Bertz CT molecular complexity index is 1550. The van der Waals surface area contributed by atoms with E-state index in [1.54, 1.807) is 13.8 Å². The Morgan fingerprint density at radius 3 is 2.76 bits per heavy atom. The summed E-state index contributed by atoms with van der Waals surface area (Å²) in [7, 11) is 0. The van der Waals surface area contributed by atoms with Crippen molar-refractivity contribution >= 4 is 12.0 Å². The molecule has 2 N–H and O–H groups in total. The van der Waals surface area contributed by atoms with Crippen molar-refractivity contribution in [3.05, 3.63) is 47.5 Å². The number of aromatic nitrogens is 6. The smallest absolute Gasteiger partial charge is 0.435 e. The molecular weight excluding hydrogens is 626 g/mol. The Kier molecular flexibility index (Phi) is 12.9. The maximum Gasteiger partial charge on any atom is 0.510 e. The fourth-order valence-corrected chi connectivity index (χ4v) is 6.53. The molecular formula is C35H49N9O5. The number of pyridine rings is 2. The Balaban J connectivity index is 1.06. The van der Waals surface area contributed by atoms with E-state index in [9.17, 15) is 10.1 Å². The monoisotopic (exact) mass is 675 g/mol. The van der Waals surface area contributed by atoms with Crippen LogP contribution in [0.25, 0.3) is 11.3 Å². The second-order valence-electron chi connectivity index (χ2n) is 13.2. The molecule has 2 aliphatic rings. The van der Waals surface area contributed by atoms with Gasteiger partial charge in [-0.25, -0.2) is 9.78 Å². The van der Waals surface area contributed by atoms with Gasteiger partial charge in [-0.15, -0.1) is 5.10 Å². The lowest BCUT2D eigenvalue weighted by atomic mass is 9.82. The molecule has 0 spiro atoms. The molecule has 4 heterocycles. The standard InChI is InChI=1S/C35H49N9O5/c1-5-48-34(45)49-26(4)44-33(41-42-43-44)21-47-20-25(3)39-28-11-9-27(10-12-28)17-29-18-30(24(2)19-37-29)31-7-6-8-32(40-31)38-23-35(22-36)13-15-46-16-14-35/h6-8,18-19,25-28,39H,5,9-17,20-21,23H2,1-4H3,(H,38,40)/t25-,26+,27?,28?/m0/s1. The van der Waals surface area contributed by atoms with Gasteiger partial charge in [-0.3, -0.25) is 4.98 Å². The van der Waals surface area contributed by atoms with Gasteiger partial charge in [-0.2, -0.15) is 9.94 Å². The maximum atomic E-state index is 11.6. The van der Waals surface area contributed by atoms with E-state index in [0.717, 1.165) is 73.3 Å². The number of ether oxygens (including phenoxy) is 4. The van der Waals surface area contributed by atoms with Gasteiger partial charge in [0.05, 0.1) is 30.4 Å². The van der Waals surface area contributed by atoms with Crippen LogP contribution in [-0.2, 0) is 32.0 Å². The molecule has 264 valence electrons. The van der Waals surface area contributed by atoms with Crippen molar-refractivity contribution in [1.29, 1.82) is 5.26 Å². The number of anilines is 1. The highest BCUT2D eigenvalue weighted by molar-refractivity contribution is 5.65. The summed E-state index contributed by atoms with van der Waals surface area (Å²) in [6.45, 7) is 10.3. The first kappa shape index (κ1) is 36.1. The lowest BCUT2D eigenvalue weighted by molar-refractivity contribution is -0.00390. The minimum atomic E-state index is -0.769. The molecule has 1 aliphatic carbocycles. The van der Waals surface area contributed by atoms with Crippen LogP contribution in [0.3, 0.4) is 0 Å². The van der Waals surface area contributed by atoms with Crippen LogP contribution in [0.1, 0.15) is 82.6 Å². The summed E-state index contributed by atoms with van der Waals surface area (Å²) in [4.78, 5) is 21.3. The zero-order valence-electron chi connectivity index (χ0n) is 29.1. The molecule has 0 unspecified atom stereocenters. The Morgan fingerprint density at radius 1 is 1.20 bits per heavy atom. The van der Waals surface area contributed by atoms with E-state index in [0.29, 0.717) is 44.1 Å². The number of hydrogen-bond donors (Lipinski definition) is 2. The fraction of sp³-hybridized carbons (Fsp3) is 0.629. The zero-order valence-corrected chi connectivity index (χ0v) is 29.1. The van der Waals surface area contributed by atoms with E-state index in [1.807, 2.05) is 24.4 Å². The van der Waals surface area contributed by atoms with Crippen LogP contribution in [0, 0.1) is 29.6 Å². The van der Waals surface area contributed by atoms with Gasteiger partial charge in [-0.1, -0.05) is 6.07 Å². The van der Waals surface area contributed by atoms with Gasteiger partial charge in [0, 0.05) is 49.3 Å². The van der Waals surface area contributed by atoms with Gasteiger partial charge in [0.25, 0.3) is 0 Å². The average molecular weight is 676 g/mol. The topological polar surface area (TPSA) is 171 Å². The molecule has 2 fully saturated rings. The lowest BCUT2D eigenvalue weighted by Gasteiger charge is -2.31. The first-order chi connectivity index (χ1) is 23.8. The van der Waals surface area contributed by atoms with E-state index < -0.39 is 17.8 Å². The lowest BCUT2D eigenvalue weighted by Crippen LogP contribution is -2.41. The molecule has 2 atom stereocenters. The summed E-state index contributed by atoms with van der Waals surface area (Å²) in [5.41, 5.74) is 3.76. The van der Waals surface area contributed by atoms with Gasteiger partial charge in [-0.05, 0) is 113 Å². The van der Waals surface area contributed by atoms with Crippen LogP contribution in [0.4, 0.5) is 10.6 Å². The first-order valence-corrected chi connectivity index (χ1v) is 17.4. The number of rotatable bonds is 15. The highest BCUT2D eigenvalue weighted by Crippen LogP contribution is 2.32. The molecule has 49 heavy (non-hydrogen) atoms. The summed E-state index contributed by atoms with van der Waals surface area (Å²) in [5, 5.41) is 28.6. The van der Waals surface area contributed by atoms with Crippen molar-refractivity contribution in [2.45, 2.75) is 97.6 Å². The quantitative estimate of drug-likeness (QED) is 0.203. The Labute approximate surface area is 288 Å². The molecule has 14 nitrogen and oxygen atoms in total. The second-order valence-corrected chi connectivity index (χ2v) is 13.2. The molecule has 1 saturated carbocycles. The van der Waals surface area contributed by atoms with Crippen molar-refractivity contribution in [1.82, 2.24) is 35.5 Å². The van der Waals surface area contributed by atoms with Crippen molar-refractivity contribution in [3.8, 4) is 17.3 Å². The van der Waals surface area contributed by atoms with Crippen molar-refractivity contribution < 1.29 is 23.7 Å². The number of nitrogens with one attached hydrogen (secondary N) is 2. The summed E-state index contributed by atoms with van der Waals surface area (Å²) in [5.74, 6) is 1.82. The van der Waals surface area contributed by atoms with Crippen LogP contribution in [-0.4, -0.2) is 81.4 Å². The SMILES string of the molecule is CCOC(=O)O[C@H](C)n1nnnc1COC[C@H](C)NC1CCC(Cc2cc(-c3cccc(NCC4(C#N)CCOCC4)n3)c(C)cn2)CC1. The summed E-state index contributed by atoms with van der Waals surface area (Å²) < 4.78 is 22.8. The van der Waals surface area contributed by atoms with Crippen LogP contribution in [0.5, 0.6) is 0 Å². The van der Waals surface area contributed by atoms with Crippen molar-refractivity contribution in [2.24, 2.45) is 11.3 Å². The van der Waals surface area contributed by atoms with Crippen LogP contribution in [0.15, 0.2) is 30.5 Å². The molecule has 0 amide bonds. The van der Waals surface area contributed by atoms with E-state index in [-0.39, 0.29) is 19.3 Å². The van der Waals surface area contributed by atoms with Gasteiger partial charge in [0.15, 0.2) is 12.1 Å². The fourth-order valence-electron chi connectivity index (χ4n) is 6.53. The minimum Gasteiger partial charge on any atom is -0.435 e. The van der Waals surface area contributed by atoms with Gasteiger partial charge < -0.3 is 29.6 Å². The molecule has 0 aromatic carbocycles. The Morgan fingerprint density at radius 2 is 2.00 bits per heavy atom. The highest BCUT2D eigenvalue weighted by atomic mass is 16.7. The minimum absolute atomic E-state index is 0.153. The first-order valence-electron chi connectivity index (χ1n) is 17.4. The molecule has 5 rings (SSSR count). The predicted octanol–water partition coefficient (Wildman–Crippen LogP) is 5.16. The van der Waals surface area contributed by atoms with E-state index in [1.165, 1.54) is 4.68 Å². The molecule has 3 aromatic heterocycles. The summed E-state index contributed by atoms with van der Waals surface area (Å²) in [6.07, 6.45) is 7.34.